The molecule has 0 aliphatic rings. The normalized spacial score (nSPS) is 11.1. The first kappa shape index (κ1) is 7.38. The van der Waals surface area contributed by atoms with E-state index in [0.717, 1.165) is 16.4 Å². The summed E-state index contributed by atoms with van der Waals surface area (Å²) >= 11 is 0. The van der Waals surface area contributed by atoms with E-state index in [-0.39, 0.29) is 0 Å². The molecule has 14 heavy (non-hydrogen) atoms. The molecule has 0 aliphatic carbocycles. The van der Waals surface area contributed by atoms with Crippen LogP contribution in [0.4, 0.5) is 0 Å². The number of rotatable bonds is 0. The molecular formula is C11H9N3. The first-order valence-corrected chi connectivity index (χ1v) is 4.46. The Morgan fingerprint density at radius 3 is 2.86 bits per heavy atom. The fourth-order valence-electron chi connectivity index (χ4n) is 1.80. The Morgan fingerprint density at radius 2 is 1.93 bits per heavy atom. The highest BCUT2D eigenvalue weighted by Crippen LogP contribution is 2.22. The SMILES string of the molecule is Nn1cnc2ccc3ccccc3c21. The number of imidazole rings is 1. The molecule has 68 valence electrons. The van der Waals surface area contributed by atoms with Crippen molar-refractivity contribution in [2.75, 3.05) is 5.84 Å². The molecule has 0 saturated heterocycles. The number of hydrogen-bond acceptors (Lipinski definition) is 2. The van der Waals surface area contributed by atoms with Crippen molar-refractivity contribution in [3.05, 3.63) is 42.7 Å². The van der Waals surface area contributed by atoms with E-state index < -0.39 is 0 Å². The topological polar surface area (TPSA) is 43.8 Å². The predicted octanol–water partition coefficient (Wildman–Crippen LogP) is 1.90. The van der Waals surface area contributed by atoms with Crippen LogP contribution in [0, 0.1) is 0 Å². The van der Waals surface area contributed by atoms with E-state index in [1.807, 2.05) is 18.2 Å². The van der Waals surface area contributed by atoms with Crippen LogP contribution in [0.5, 0.6) is 0 Å². The Hall–Kier alpha value is -2.03. The number of nitrogen functional groups attached to an aromatic ring is 1. The maximum Gasteiger partial charge on any atom is 0.115 e. The van der Waals surface area contributed by atoms with Crippen molar-refractivity contribution in [1.29, 1.82) is 0 Å². The van der Waals surface area contributed by atoms with Gasteiger partial charge >= 0.3 is 0 Å². The predicted molar refractivity (Wildman–Crippen MR) is 57.4 cm³/mol. The second-order valence-corrected chi connectivity index (χ2v) is 3.31. The molecule has 0 radical (unpaired) electrons. The van der Waals surface area contributed by atoms with E-state index in [1.54, 1.807) is 11.0 Å². The molecule has 1 heterocycles. The van der Waals surface area contributed by atoms with Crippen LogP contribution in [0.25, 0.3) is 21.8 Å². The van der Waals surface area contributed by atoms with Gasteiger partial charge in [0.1, 0.15) is 6.33 Å². The van der Waals surface area contributed by atoms with Gasteiger partial charge in [0.05, 0.1) is 11.0 Å². The summed E-state index contributed by atoms with van der Waals surface area (Å²) in [6.07, 6.45) is 1.64. The van der Waals surface area contributed by atoms with E-state index in [1.165, 1.54) is 5.39 Å². The zero-order valence-electron chi connectivity index (χ0n) is 7.51. The Balaban J connectivity index is 2.65. The van der Waals surface area contributed by atoms with Gasteiger partial charge in [0.15, 0.2) is 0 Å². The highest BCUT2D eigenvalue weighted by Gasteiger charge is 2.03. The summed E-state index contributed by atoms with van der Waals surface area (Å²) in [5, 5.41) is 2.33. The van der Waals surface area contributed by atoms with Gasteiger partial charge in [-0.3, -0.25) is 0 Å². The lowest BCUT2D eigenvalue weighted by Gasteiger charge is -2.00. The van der Waals surface area contributed by atoms with Gasteiger partial charge in [-0.1, -0.05) is 30.3 Å². The van der Waals surface area contributed by atoms with Crippen LogP contribution in [-0.4, -0.2) is 9.66 Å². The number of fused-ring (bicyclic) bond motifs is 3. The van der Waals surface area contributed by atoms with Gasteiger partial charge in [0, 0.05) is 5.39 Å². The van der Waals surface area contributed by atoms with Gasteiger partial charge in [0.2, 0.25) is 0 Å². The second-order valence-electron chi connectivity index (χ2n) is 3.31. The van der Waals surface area contributed by atoms with Gasteiger partial charge in [-0.15, -0.1) is 0 Å². The maximum absolute atomic E-state index is 5.80. The van der Waals surface area contributed by atoms with Crippen LogP contribution >= 0.6 is 0 Å². The molecule has 3 aromatic rings. The van der Waals surface area contributed by atoms with Crippen molar-refractivity contribution in [3.8, 4) is 0 Å². The molecule has 2 aromatic carbocycles. The lowest BCUT2D eigenvalue weighted by Crippen LogP contribution is -2.05. The standard InChI is InChI=1S/C11H9N3/c12-14-7-13-10-6-5-8-3-1-2-4-9(8)11(10)14/h1-7H,12H2. The summed E-state index contributed by atoms with van der Waals surface area (Å²) < 4.78 is 1.57. The van der Waals surface area contributed by atoms with E-state index in [9.17, 15) is 0 Å². The minimum Gasteiger partial charge on any atom is -0.338 e. The molecule has 0 aliphatic heterocycles. The smallest absolute Gasteiger partial charge is 0.115 e. The van der Waals surface area contributed by atoms with Crippen LogP contribution in [-0.2, 0) is 0 Å². The minimum atomic E-state index is 0.936. The number of aromatic nitrogens is 2. The number of hydrogen-bond donors (Lipinski definition) is 1. The average molecular weight is 183 g/mol. The van der Waals surface area contributed by atoms with Crippen LogP contribution < -0.4 is 5.84 Å². The quantitative estimate of drug-likeness (QED) is 0.541. The van der Waals surface area contributed by atoms with Crippen LogP contribution in [0.2, 0.25) is 0 Å². The first-order chi connectivity index (χ1) is 6.86. The Morgan fingerprint density at radius 1 is 1.07 bits per heavy atom. The summed E-state index contributed by atoms with van der Waals surface area (Å²) in [6, 6.07) is 12.2. The molecule has 3 nitrogen and oxygen atoms in total. The number of nitrogens with two attached hydrogens (primary N) is 1. The molecule has 0 spiro atoms. The molecular weight excluding hydrogens is 174 g/mol. The Kier molecular flexibility index (Phi) is 1.31. The Labute approximate surface area is 80.7 Å². The van der Waals surface area contributed by atoms with E-state index in [4.69, 9.17) is 5.84 Å². The van der Waals surface area contributed by atoms with Gasteiger partial charge in [-0.25, -0.2) is 9.66 Å². The average Bonchev–Trinajstić information content (AvgIpc) is 2.61. The summed E-state index contributed by atoms with van der Waals surface area (Å²) in [6.45, 7) is 0. The summed E-state index contributed by atoms with van der Waals surface area (Å²) in [5.41, 5.74) is 1.93. The molecule has 0 amide bonds. The zero-order valence-corrected chi connectivity index (χ0v) is 7.51. The molecule has 2 N–H and O–H groups in total. The van der Waals surface area contributed by atoms with Gasteiger partial charge < -0.3 is 5.84 Å². The van der Waals surface area contributed by atoms with Gasteiger partial charge in [-0.05, 0) is 11.5 Å². The molecule has 0 unspecified atom stereocenters. The highest BCUT2D eigenvalue weighted by molar-refractivity contribution is 6.04. The monoisotopic (exact) mass is 183 g/mol. The lowest BCUT2D eigenvalue weighted by atomic mass is 10.1. The largest absolute Gasteiger partial charge is 0.338 e. The summed E-state index contributed by atoms with van der Waals surface area (Å²) in [5.74, 6) is 5.80. The molecule has 0 bridgehead atoms. The molecule has 1 aromatic heterocycles. The first-order valence-electron chi connectivity index (χ1n) is 4.46. The minimum absolute atomic E-state index is 0.936. The summed E-state index contributed by atoms with van der Waals surface area (Å²) in [7, 11) is 0. The molecule has 0 fully saturated rings. The number of nitrogens with zero attached hydrogens (tertiary/aromatic N) is 2. The van der Waals surface area contributed by atoms with Crippen LogP contribution in [0.1, 0.15) is 0 Å². The van der Waals surface area contributed by atoms with E-state index in [2.05, 4.69) is 23.2 Å². The zero-order chi connectivity index (χ0) is 9.54. The fraction of sp³-hybridized carbons (Fsp3) is 0. The van der Waals surface area contributed by atoms with Crippen molar-refractivity contribution in [2.24, 2.45) is 0 Å². The summed E-state index contributed by atoms with van der Waals surface area (Å²) in [4.78, 5) is 4.21. The van der Waals surface area contributed by atoms with Gasteiger partial charge in [-0.2, -0.15) is 0 Å². The molecule has 3 rings (SSSR count). The molecule has 0 saturated carbocycles. The second kappa shape index (κ2) is 2.48. The van der Waals surface area contributed by atoms with Crippen molar-refractivity contribution >= 4 is 21.8 Å². The maximum atomic E-state index is 5.80. The van der Waals surface area contributed by atoms with Crippen molar-refractivity contribution in [2.45, 2.75) is 0 Å². The van der Waals surface area contributed by atoms with E-state index >= 15 is 0 Å². The van der Waals surface area contributed by atoms with Crippen LogP contribution in [0.3, 0.4) is 0 Å². The third kappa shape index (κ3) is 0.836. The number of benzene rings is 2. The van der Waals surface area contributed by atoms with Crippen LogP contribution in [0.15, 0.2) is 42.7 Å². The van der Waals surface area contributed by atoms with E-state index in [0.29, 0.717) is 0 Å². The van der Waals surface area contributed by atoms with Crippen molar-refractivity contribution < 1.29 is 0 Å². The van der Waals surface area contributed by atoms with Crippen molar-refractivity contribution in [3.63, 3.8) is 0 Å². The third-order valence-electron chi connectivity index (χ3n) is 2.46. The lowest BCUT2D eigenvalue weighted by molar-refractivity contribution is 1.04. The fourth-order valence-corrected chi connectivity index (χ4v) is 1.80. The molecule has 3 heteroatoms. The Bertz CT molecular complexity index is 610. The molecule has 0 atom stereocenters. The highest BCUT2D eigenvalue weighted by atomic mass is 15.3. The van der Waals surface area contributed by atoms with Crippen molar-refractivity contribution in [1.82, 2.24) is 9.66 Å². The van der Waals surface area contributed by atoms with Gasteiger partial charge in [0.25, 0.3) is 0 Å². The third-order valence-corrected chi connectivity index (χ3v) is 2.46.